The maximum atomic E-state index is 12.8. The third-order valence-electron chi connectivity index (χ3n) is 5.86. The van der Waals surface area contributed by atoms with Crippen LogP contribution < -0.4 is 5.32 Å². The molecular weight excluding hydrogens is 451 g/mol. The Bertz CT molecular complexity index is 1200. The molecule has 4 nitrogen and oxygen atoms in total. The second-order valence-electron chi connectivity index (χ2n) is 8.87. The number of fused-ring (bicyclic) bond motifs is 1. The molecular formula is C24H22Cl2N2O2S. The van der Waals surface area contributed by atoms with E-state index in [4.69, 9.17) is 27.6 Å². The minimum absolute atomic E-state index is 0.170. The van der Waals surface area contributed by atoms with Crippen molar-refractivity contribution in [3.8, 4) is 17.4 Å². The highest BCUT2D eigenvalue weighted by atomic mass is 35.5. The van der Waals surface area contributed by atoms with Crippen LogP contribution in [0, 0.1) is 22.7 Å². The molecule has 1 atom stereocenters. The van der Waals surface area contributed by atoms with Crippen LogP contribution in [0.1, 0.15) is 53.8 Å². The fraction of sp³-hybridized carbons (Fsp3) is 0.333. The van der Waals surface area contributed by atoms with E-state index in [9.17, 15) is 10.1 Å². The number of hydrogen-bond donors (Lipinski definition) is 1. The number of benzene rings is 1. The van der Waals surface area contributed by atoms with Gasteiger partial charge in [0.1, 0.15) is 16.8 Å². The van der Waals surface area contributed by atoms with E-state index in [0.717, 1.165) is 30.4 Å². The zero-order valence-electron chi connectivity index (χ0n) is 17.5. The number of rotatable bonds is 3. The second-order valence-corrected chi connectivity index (χ2v) is 10.8. The number of nitriles is 1. The zero-order valence-corrected chi connectivity index (χ0v) is 19.8. The molecule has 1 amide bonds. The first-order chi connectivity index (χ1) is 14.7. The predicted octanol–water partition coefficient (Wildman–Crippen LogP) is 7.59. The Morgan fingerprint density at radius 1 is 1.23 bits per heavy atom. The predicted molar refractivity (Wildman–Crippen MR) is 126 cm³/mol. The van der Waals surface area contributed by atoms with Crippen molar-refractivity contribution in [2.45, 2.75) is 40.0 Å². The Morgan fingerprint density at radius 3 is 2.68 bits per heavy atom. The van der Waals surface area contributed by atoms with Crippen LogP contribution in [0.4, 0.5) is 5.00 Å². The highest BCUT2D eigenvalue weighted by Gasteiger charge is 2.32. The molecule has 7 heteroatoms. The van der Waals surface area contributed by atoms with Gasteiger partial charge in [-0.3, -0.25) is 4.79 Å². The molecule has 0 bridgehead atoms. The lowest BCUT2D eigenvalue weighted by atomic mass is 9.72. The Hall–Kier alpha value is -2.26. The van der Waals surface area contributed by atoms with Crippen molar-refractivity contribution in [2.75, 3.05) is 5.32 Å². The summed E-state index contributed by atoms with van der Waals surface area (Å²) in [6.07, 6.45) is 2.87. The Morgan fingerprint density at radius 2 is 2.00 bits per heavy atom. The van der Waals surface area contributed by atoms with Crippen molar-refractivity contribution in [1.82, 2.24) is 0 Å². The maximum Gasteiger partial charge on any atom is 0.292 e. The molecule has 0 saturated heterocycles. The zero-order chi connectivity index (χ0) is 22.3. The number of nitrogens with zero attached hydrogens (tertiary/aromatic N) is 1. The van der Waals surface area contributed by atoms with E-state index in [1.807, 2.05) is 0 Å². The summed E-state index contributed by atoms with van der Waals surface area (Å²) < 4.78 is 5.74. The lowest BCUT2D eigenvalue weighted by molar-refractivity contribution is 0.0998. The van der Waals surface area contributed by atoms with Crippen LogP contribution in [0.15, 0.2) is 34.7 Å². The first kappa shape index (κ1) is 22.0. The van der Waals surface area contributed by atoms with Gasteiger partial charge in [-0.25, -0.2) is 0 Å². The third kappa shape index (κ3) is 4.39. The van der Waals surface area contributed by atoms with E-state index in [1.54, 1.807) is 30.3 Å². The molecule has 0 unspecified atom stereocenters. The first-order valence-electron chi connectivity index (χ1n) is 10.1. The number of carbonyl (C=O) groups is 1. The molecule has 1 N–H and O–H groups in total. The number of anilines is 1. The summed E-state index contributed by atoms with van der Waals surface area (Å²) >= 11 is 13.6. The highest BCUT2D eigenvalue weighted by Crippen LogP contribution is 2.44. The summed E-state index contributed by atoms with van der Waals surface area (Å²) in [5, 5.41) is 14.1. The Balaban J connectivity index is 1.56. The fourth-order valence-corrected chi connectivity index (χ4v) is 5.53. The van der Waals surface area contributed by atoms with Crippen LogP contribution in [0.3, 0.4) is 0 Å². The molecule has 31 heavy (non-hydrogen) atoms. The molecule has 4 rings (SSSR count). The number of nitrogens with one attached hydrogen (secondary N) is 1. The Labute approximate surface area is 195 Å². The summed E-state index contributed by atoms with van der Waals surface area (Å²) in [6.45, 7) is 6.77. The third-order valence-corrected chi connectivity index (χ3v) is 7.77. The molecule has 160 valence electrons. The van der Waals surface area contributed by atoms with Crippen molar-refractivity contribution >= 4 is 45.4 Å². The number of carbonyl (C=O) groups excluding carboxylic acids is 1. The maximum absolute atomic E-state index is 12.8. The standard InChI is InChI=1S/C24H22Cl2N2O2S/c1-24(2,3)14-5-6-15-16(12-27)23(31-21(15)11-14)28-22(29)20-9-8-19(30-20)13-4-7-17(25)18(26)10-13/h4,7-10,14H,5-6,11H2,1-3H3,(H,28,29)/t14-/m0/s1. The van der Waals surface area contributed by atoms with E-state index >= 15 is 0 Å². The number of hydrogen-bond acceptors (Lipinski definition) is 4. The number of amides is 1. The smallest absolute Gasteiger partial charge is 0.292 e. The average molecular weight is 473 g/mol. The van der Waals surface area contributed by atoms with Crippen LogP contribution in [-0.4, -0.2) is 5.91 Å². The summed E-state index contributed by atoms with van der Waals surface area (Å²) in [5.74, 6) is 0.868. The van der Waals surface area contributed by atoms with Crippen LogP contribution in [0.2, 0.25) is 10.0 Å². The Kier molecular flexibility index (Phi) is 5.91. The van der Waals surface area contributed by atoms with Gasteiger partial charge in [-0.15, -0.1) is 11.3 Å². The van der Waals surface area contributed by atoms with Gasteiger partial charge in [-0.05, 0) is 66.5 Å². The molecule has 0 spiro atoms. The lowest BCUT2D eigenvalue weighted by Crippen LogP contribution is -2.26. The van der Waals surface area contributed by atoms with Crippen LogP contribution in [-0.2, 0) is 12.8 Å². The summed E-state index contributed by atoms with van der Waals surface area (Å²) in [5.41, 5.74) is 2.61. The summed E-state index contributed by atoms with van der Waals surface area (Å²) in [4.78, 5) is 14.0. The van der Waals surface area contributed by atoms with Crippen molar-refractivity contribution in [1.29, 1.82) is 5.26 Å². The van der Waals surface area contributed by atoms with E-state index in [0.29, 0.717) is 32.3 Å². The largest absolute Gasteiger partial charge is 0.451 e. The number of thiophene rings is 1. The monoisotopic (exact) mass is 472 g/mol. The topological polar surface area (TPSA) is 66.0 Å². The molecule has 2 aromatic heterocycles. The van der Waals surface area contributed by atoms with Crippen molar-refractivity contribution in [3.63, 3.8) is 0 Å². The molecule has 1 aliphatic rings. The molecule has 1 aromatic carbocycles. The van der Waals surface area contributed by atoms with Gasteiger partial charge in [0.05, 0.1) is 15.6 Å². The van der Waals surface area contributed by atoms with Gasteiger partial charge in [0.15, 0.2) is 5.76 Å². The SMILES string of the molecule is CC(C)(C)[C@H]1CCc2c(sc(NC(=O)c3ccc(-c4ccc(Cl)c(Cl)c4)o3)c2C#N)C1. The van der Waals surface area contributed by atoms with Gasteiger partial charge >= 0.3 is 0 Å². The van der Waals surface area contributed by atoms with Crippen LogP contribution in [0.5, 0.6) is 0 Å². The van der Waals surface area contributed by atoms with E-state index < -0.39 is 0 Å². The minimum Gasteiger partial charge on any atom is -0.451 e. The average Bonchev–Trinajstić information content (AvgIpc) is 3.33. The number of furan rings is 1. The summed E-state index contributed by atoms with van der Waals surface area (Å²) in [7, 11) is 0. The van der Waals surface area contributed by atoms with Crippen molar-refractivity contribution in [3.05, 3.63) is 62.1 Å². The number of halogens is 2. The minimum atomic E-state index is -0.381. The van der Waals surface area contributed by atoms with Crippen molar-refractivity contribution < 1.29 is 9.21 Å². The molecule has 2 heterocycles. The quantitative estimate of drug-likeness (QED) is 0.426. The van der Waals surface area contributed by atoms with E-state index in [1.165, 1.54) is 16.2 Å². The van der Waals surface area contributed by atoms with Crippen molar-refractivity contribution in [2.24, 2.45) is 11.3 Å². The van der Waals surface area contributed by atoms with Crippen LogP contribution >= 0.6 is 34.5 Å². The van der Waals surface area contributed by atoms with Gasteiger partial charge in [0.2, 0.25) is 0 Å². The van der Waals surface area contributed by atoms with Gasteiger partial charge in [0.25, 0.3) is 5.91 Å². The van der Waals surface area contributed by atoms with E-state index in [2.05, 4.69) is 32.2 Å². The van der Waals surface area contributed by atoms with Gasteiger partial charge in [0, 0.05) is 10.4 Å². The first-order valence-corrected chi connectivity index (χ1v) is 11.7. The normalized spacial score (nSPS) is 15.9. The van der Waals surface area contributed by atoms with Gasteiger partial charge in [-0.2, -0.15) is 5.26 Å². The van der Waals surface area contributed by atoms with Gasteiger partial charge in [-0.1, -0.05) is 44.0 Å². The molecule has 0 aliphatic heterocycles. The fourth-order valence-electron chi connectivity index (χ4n) is 3.96. The molecule has 0 radical (unpaired) electrons. The highest BCUT2D eigenvalue weighted by molar-refractivity contribution is 7.16. The van der Waals surface area contributed by atoms with E-state index in [-0.39, 0.29) is 17.1 Å². The lowest BCUT2D eigenvalue weighted by Gasteiger charge is -2.33. The van der Waals surface area contributed by atoms with Gasteiger partial charge < -0.3 is 9.73 Å². The van der Waals surface area contributed by atoms with Crippen LogP contribution in [0.25, 0.3) is 11.3 Å². The summed E-state index contributed by atoms with van der Waals surface area (Å²) in [6, 6.07) is 10.8. The molecule has 0 fully saturated rings. The molecule has 3 aromatic rings. The molecule has 0 saturated carbocycles. The molecule has 1 aliphatic carbocycles. The second kappa shape index (κ2) is 8.35.